The summed E-state index contributed by atoms with van der Waals surface area (Å²) in [6, 6.07) is 48.2. The fourth-order valence-corrected chi connectivity index (χ4v) is 7.53. The van der Waals surface area contributed by atoms with Gasteiger partial charge in [0.15, 0.2) is 5.82 Å². The molecule has 0 aliphatic rings. The molecule has 0 spiro atoms. The van der Waals surface area contributed by atoms with Crippen LogP contribution < -0.4 is 4.74 Å². The Morgan fingerprint density at radius 2 is 1.33 bits per heavy atom. The summed E-state index contributed by atoms with van der Waals surface area (Å²) in [6.45, 7) is 2.06. The zero-order valence-electron chi connectivity index (χ0n) is 26.2. The summed E-state index contributed by atoms with van der Waals surface area (Å²) in [5.41, 5.74) is 8.01. The van der Waals surface area contributed by atoms with Crippen molar-refractivity contribution in [1.29, 1.82) is 0 Å². The minimum atomic E-state index is 0.586. The van der Waals surface area contributed by atoms with Crippen molar-refractivity contribution in [2.24, 2.45) is 0 Å². The molecule has 49 heavy (non-hydrogen) atoms. The van der Waals surface area contributed by atoms with Crippen molar-refractivity contribution in [1.82, 2.24) is 28.7 Å². The number of aromatic nitrogens is 6. The van der Waals surface area contributed by atoms with Crippen LogP contribution in [0.2, 0.25) is 0 Å². The van der Waals surface area contributed by atoms with Gasteiger partial charge in [-0.3, -0.25) is 0 Å². The van der Waals surface area contributed by atoms with Gasteiger partial charge in [-0.1, -0.05) is 12.1 Å². The van der Waals surface area contributed by atoms with E-state index in [0.29, 0.717) is 17.3 Å². The number of nitrogens with zero attached hydrogens (tertiary/aromatic N) is 6. The van der Waals surface area contributed by atoms with Gasteiger partial charge in [-0.15, -0.1) is 0 Å². The maximum absolute atomic E-state index is 6.50. The molecule has 9 aromatic rings. The number of hydrogen-bond donors (Lipinski definition) is 0. The molecule has 4 aromatic heterocycles. The molecular weight excluding hydrogens is 788 g/mol. The molecular formula is C41H26N6OPt-2. The molecule has 0 aliphatic heterocycles. The van der Waals surface area contributed by atoms with Crippen molar-refractivity contribution < 1.29 is 24.1 Å². The van der Waals surface area contributed by atoms with E-state index < -0.39 is 0 Å². The summed E-state index contributed by atoms with van der Waals surface area (Å²) in [6.07, 6.45) is 5.33. The number of rotatable bonds is 6. The maximum atomic E-state index is 6.50. The monoisotopic (exact) mass is 813 g/mol. The molecule has 0 radical (unpaired) electrons. The van der Waals surface area contributed by atoms with Gasteiger partial charge < -0.3 is 0 Å². The van der Waals surface area contributed by atoms with Crippen LogP contribution in [0, 0.1) is 22.9 Å². The first-order valence-corrected chi connectivity index (χ1v) is 16.9. The van der Waals surface area contributed by atoms with Crippen LogP contribution in [0.4, 0.5) is 0 Å². The topological polar surface area (TPSA) is 62.7 Å². The predicted molar refractivity (Wildman–Crippen MR) is 188 cm³/mol. The molecule has 0 saturated heterocycles. The van der Waals surface area contributed by atoms with Crippen LogP contribution >= 0.6 is 0 Å². The average Bonchev–Trinajstić information content (AvgIpc) is 3.63. The number of benzene rings is 5. The van der Waals surface area contributed by atoms with E-state index in [2.05, 4.69) is 147 Å². The summed E-state index contributed by atoms with van der Waals surface area (Å²) >= 11 is 2.39. The fourth-order valence-electron chi connectivity index (χ4n) is 6.41. The van der Waals surface area contributed by atoms with Crippen LogP contribution in [0.1, 0.15) is 5.56 Å². The zero-order chi connectivity index (χ0) is 32.9. The van der Waals surface area contributed by atoms with Gasteiger partial charge in [0.05, 0.1) is 0 Å². The Labute approximate surface area is 292 Å². The zero-order valence-corrected chi connectivity index (χ0v) is 28.5. The summed E-state index contributed by atoms with van der Waals surface area (Å²) in [5, 5.41) is 2.18. The van der Waals surface area contributed by atoms with Crippen LogP contribution in [0.5, 0.6) is 11.5 Å². The number of pyridine rings is 1. The van der Waals surface area contributed by atoms with E-state index in [9.17, 15) is 0 Å². The smallest absolute Gasteiger partial charge is 0.237 e. The quantitative estimate of drug-likeness (QED) is 0.157. The molecule has 4 heterocycles. The van der Waals surface area contributed by atoms with Crippen molar-refractivity contribution in [2.45, 2.75) is 6.92 Å². The van der Waals surface area contributed by atoms with Crippen LogP contribution in [0.15, 0.2) is 140 Å². The number of imidazole rings is 1. The second-order valence-corrected chi connectivity index (χ2v) is 12.6. The Morgan fingerprint density at radius 3 is 2.12 bits per heavy atom. The number of para-hydroxylation sites is 4. The van der Waals surface area contributed by atoms with E-state index >= 15 is 0 Å². The first-order chi connectivity index (χ1) is 24.1. The van der Waals surface area contributed by atoms with Crippen molar-refractivity contribution >= 4 is 32.8 Å². The minimum Gasteiger partial charge on any atom is -0.237 e. The van der Waals surface area contributed by atoms with Gasteiger partial charge in [-0.25, -0.2) is 9.97 Å². The molecule has 8 heteroatoms. The summed E-state index contributed by atoms with van der Waals surface area (Å²) in [4.78, 5) is 13.7. The van der Waals surface area contributed by atoms with Gasteiger partial charge in [0.1, 0.15) is 0 Å². The number of aryl methyl sites for hydroxylation is 1. The third kappa shape index (κ3) is 5.02. The van der Waals surface area contributed by atoms with E-state index in [0.717, 1.165) is 65.0 Å². The Bertz CT molecular complexity index is 2730. The molecule has 0 bridgehead atoms. The molecule has 0 amide bonds. The molecule has 9 rings (SSSR count). The molecule has 7 nitrogen and oxygen atoms in total. The van der Waals surface area contributed by atoms with Crippen molar-refractivity contribution in [3.05, 3.63) is 161 Å². The summed E-state index contributed by atoms with van der Waals surface area (Å²) in [7, 11) is 0. The molecule has 0 atom stereocenters. The Morgan fingerprint density at radius 1 is 0.612 bits per heavy atom. The van der Waals surface area contributed by atoms with Crippen molar-refractivity contribution in [3.8, 4) is 40.1 Å². The van der Waals surface area contributed by atoms with Gasteiger partial charge in [0.2, 0.25) is 0 Å². The van der Waals surface area contributed by atoms with Crippen LogP contribution in [0.3, 0.4) is 0 Å². The molecule has 0 unspecified atom stereocenters. The molecule has 0 aliphatic carbocycles. The van der Waals surface area contributed by atoms with Crippen molar-refractivity contribution in [3.63, 3.8) is 0 Å². The van der Waals surface area contributed by atoms with E-state index in [1.165, 1.54) is 0 Å². The number of hydrogen-bond acceptors (Lipinski definition) is 4. The fraction of sp³-hybridized carbons (Fsp3) is 0.0244. The van der Waals surface area contributed by atoms with Gasteiger partial charge >= 0.3 is 223 Å². The third-order valence-electron chi connectivity index (χ3n) is 8.62. The predicted octanol–water partition coefficient (Wildman–Crippen LogP) is 9.15. The van der Waals surface area contributed by atoms with Crippen molar-refractivity contribution in [2.75, 3.05) is 0 Å². The standard InChI is InChI=1S/C41H26N6O.Pt/c1-28-23-40(44-26-35(28)41-42-21-10-22-43-41)47-36-16-6-5-15-33(36)34-20-19-32(25-39(34)47)48-31-14-9-13-30(24-31)46-27-45(29-11-3-2-4-12-29)37-17-7-8-18-38(37)46;/h2-23,26H,1H3;/q-2;. The summed E-state index contributed by atoms with van der Waals surface area (Å²) in [5.74, 6) is 2.62. The van der Waals surface area contributed by atoms with E-state index in [-0.39, 0.29) is 0 Å². The van der Waals surface area contributed by atoms with E-state index in [1.54, 1.807) is 12.4 Å². The normalized spacial score (nSPS) is 11.5. The Kier molecular flexibility index (Phi) is 7.14. The van der Waals surface area contributed by atoms with Crippen LogP contribution in [-0.2, 0) is 19.4 Å². The van der Waals surface area contributed by atoms with Gasteiger partial charge in [-0.05, 0) is 18.6 Å². The van der Waals surface area contributed by atoms with E-state index in [4.69, 9.17) is 9.72 Å². The minimum absolute atomic E-state index is 0.586. The van der Waals surface area contributed by atoms with Gasteiger partial charge in [0.25, 0.3) is 0 Å². The molecule has 0 saturated carbocycles. The number of fused-ring (bicyclic) bond motifs is 4. The first kappa shape index (κ1) is 29.2. The second kappa shape index (κ2) is 12.0. The summed E-state index contributed by atoms with van der Waals surface area (Å²) < 4.78 is 14.1. The second-order valence-electron chi connectivity index (χ2n) is 11.6. The van der Waals surface area contributed by atoms with Gasteiger partial charge in [0, 0.05) is 24.2 Å². The Hall–Kier alpha value is -5.91. The average molecular weight is 814 g/mol. The molecule has 5 aromatic carbocycles. The molecule has 0 fully saturated rings. The number of ether oxygens (including phenoxy) is 1. The van der Waals surface area contributed by atoms with Crippen LogP contribution in [-0.4, -0.2) is 28.7 Å². The van der Waals surface area contributed by atoms with Crippen LogP contribution in [0.25, 0.3) is 61.4 Å². The molecule has 0 N–H and O–H groups in total. The van der Waals surface area contributed by atoms with E-state index in [1.807, 2.05) is 42.6 Å². The SMILES string of the molecule is Cc1cc(-n2c3[c-]c(Oc4[c-]c(-n5[c](=[Pt])n(-c6ccccc6)c6ccccc65)ccc4)ccc3c3ccccc32)ncc1-c1ncccn1. The first-order valence-electron chi connectivity index (χ1n) is 15.8. The Balaban J connectivity index is 1.13. The third-order valence-corrected chi connectivity index (χ3v) is 9.64. The van der Waals surface area contributed by atoms with Gasteiger partial charge in [-0.2, -0.15) is 0 Å². The molecule has 238 valence electrons.